The highest BCUT2D eigenvalue weighted by Crippen LogP contribution is 2.32. The zero-order chi connectivity index (χ0) is 14.2. The highest BCUT2D eigenvalue weighted by Gasteiger charge is 2.19. The molecule has 19 heavy (non-hydrogen) atoms. The molecule has 0 spiro atoms. The number of carbonyl (C=O) groups is 1. The molecule has 0 radical (unpaired) electrons. The number of nitrogens with zero attached hydrogens (tertiary/aromatic N) is 1. The first-order chi connectivity index (χ1) is 8.91. The summed E-state index contributed by atoms with van der Waals surface area (Å²) in [5, 5.41) is 9.56. The predicted molar refractivity (Wildman–Crippen MR) is 72.2 cm³/mol. The first kappa shape index (κ1) is 13.6. The van der Waals surface area contributed by atoms with Crippen LogP contribution in [-0.4, -0.2) is 15.6 Å². The van der Waals surface area contributed by atoms with Crippen molar-refractivity contribution in [2.75, 3.05) is 0 Å². The summed E-state index contributed by atoms with van der Waals surface area (Å²) < 4.78 is 15.0. The van der Waals surface area contributed by atoms with Crippen molar-refractivity contribution in [3.05, 3.63) is 46.9 Å². The molecule has 0 bridgehead atoms. The van der Waals surface area contributed by atoms with Crippen LogP contribution in [0.2, 0.25) is 5.02 Å². The number of benzene rings is 1. The number of rotatable bonds is 3. The molecule has 2 rings (SSSR count). The standard InChI is InChI=1S/C14H13ClFNO2/c1-8(2)17-12(5-6-13(17)14(18)19)10-7-9(16)3-4-11(10)15/h3-8H,1-2H3,(H,18,19). The average Bonchev–Trinajstić information content (AvgIpc) is 2.76. The Balaban J connectivity index is 2.69. The molecule has 2 aromatic rings. The van der Waals surface area contributed by atoms with Crippen LogP contribution in [0.25, 0.3) is 11.3 Å². The third kappa shape index (κ3) is 2.49. The molecule has 3 nitrogen and oxygen atoms in total. The van der Waals surface area contributed by atoms with E-state index in [4.69, 9.17) is 11.6 Å². The van der Waals surface area contributed by atoms with E-state index in [1.807, 2.05) is 13.8 Å². The van der Waals surface area contributed by atoms with E-state index in [9.17, 15) is 14.3 Å². The smallest absolute Gasteiger partial charge is 0.352 e. The number of aromatic nitrogens is 1. The maximum Gasteiger partial charge on any atom is 0.352 e. The Morgan fingerprint density at radius 2 is 2.00 bits per heavy atom. The maximum atomic E-state index is 13.3. The summed E-state index contributed by atoms with van der Waals surface area (Å²) in [5.41, 5.74) is 1.24. The second-order valence-electron chi connectivity index (χ2n) is 4.50. The average molecular weight is 282 g/mol. The second-order valence-corrected chi connectivity index (χ2v) is 4.90. The molecular formula is C14H13ClFNO2. The fourth-order valence-electron chi connectivity index (χ4n) is 2.09. The van der Waals surface area contributed by atoms with Crippen LogP contribution in [-0.2, 0) is 0 Å². The van der Waals surface area contributed by atoms with Crippen molar-refractivity contribution in [2.45, 2.75) is 19.9 Å². The van der Waals surface area contributed by atoms with Crippen molar-refractivity contribution >= 4 is 17.6 Å². The van der Waals surface area contributed by atoms with Gasteiger partial charge in [0.05, 0.1) is 10.7 Å². The molecule has 0 atom stereocenters. The van der Waals surface area contributed by atoms with Crippen molar-refractivity contribution in [3.63, 3.8) is 0 Å². The summed E-state index contributed by atoms with van der Waals surface area (Å²) in [6.07, 6.45) is 0. The highest BCUT2D eigenvalue weighted by atomic mass is 35.5. The zero-order valence-electron chi connectivity index (χ0n) is 10.5. The van der Waals surface area contributed by atoms with Gasteiger partial charge < -0.3 is 9.67 Å². The summed E-state index contributed by atoms with van der Waals surface area (Å²) in [6, 6.07) is 7.11. The molecular weight excluding hydrogens is 269 g/mol. The van der Waals surface area contributed by atoms with E-state index in [2.05, 4.69) is 0 Å². The van der Waals surface area contributed by atoms with E-state index in [1.165, 1.54) is 24.3 Å². The lowest BCUT2D eigenvalue weighted by atomic mass is 10.1. The number of hydrogen-bond donors (Lipinski definition) is 1. The number of carboxylic acid groups (broad SMARTS) is 1. The van der Waals surface area contributed by atoms with Crippen LogP contribution in [0.4, 0.5) is 4.39 Å². The number of carboxylic acids is 1. The van der Waals surface area contributed by atoms with Gasteiger partial charge in [0.15, 0.2) is 0 Å². The number of halogens is 2. The van der Waals surface area contributed by atoms with Gasteiger partial charge in [0.25, 0.3) is 0 Å². The van der Waals surface area contributed by atoms with E-state index in [0.717, 1.165) is 0 Å². The largest absolute Gasteiger partial charge is 0.477 e. The van der Waals surface area contributed by atoms with Gasteiger partial charge in [-0.15, -0.1) is 0 Å². The molecule has 0 saturated carbocycles. The molecule has 0 saturated heterocycles. The lowest BCUT2D eigenvalue weighted by Crippen LogP contribution is -2.11. The van der Waals surface area contributed by atoms with Crippen LogP contribution in [0.5, 0.6) is 0 Å². The minimum Gasteiger partial charge on any atom is -0.477 e. The lowest BCUT2D eigenvalue weighted by molar-refractivity contribution is 0.0683. The van der Waals surface area contributed by atoms with Gasteiger partial charge in [-0.2, -0.15) is 0 Å². The van der Waals surface area contributed by atoms with Crippen molar-refractivity contribution in [1.82, 2.24) is 4.57 Å². The normalized spacial score (nSPS) is 11.0. The Kier molecular flexibility index (Phi) is 3.62. The van der Waals surface area contributed by atoms with E-state index < -0.39 is 11.8 Å². The van der Waals surface area contributed by atoms with Gasteiger partial charge in [-0.3, -0.25) is 0 Å². The predicted octanol–water partition coefficient (Wildman–Crippen LogP) is 4.23. The zero-order valence-corrected chi connectivity index (χ0v) is 11.3. The Hall–Kier alpha value is -1.81. The van der Waals surface area contributed by atoms with Crippen molar-refractivity contribution < 1.29 is 14.3 Å². The molecule has 1 aromatic carbocycles. The Morgan fingerprint density at radius 1 is 1.32 bits per heavy atom. The molecule has 0 aliphatic heterocycles. The molecule has 1 heterocycles. The molecule has 100 valence electrons. The second kappa shape index (κ2) is 5.05. The Labute approximate surface area is 115 Å². The van der Waals surface area contributed by atoms with Gasteiger partial charge in [-0.25, -0.2) is 9.18 Å². The Bertz CT molecular complexity index is 634. The molecule has 0 aliphatic carbocycles. The van der Waals surface area contributed by atoms with E-state index in [0.29, 0.717) is 16.3 Å². The molecule has 0 aliphatic rings. The summed E-state index contributed by atoms with van der Waals surface area (Å²) in [6.45, 7) is 3.73. The van der Waals surface area contributed by atoms with E-state index in [1.54, 1.807) is 10.6 Å². The Morgan fingerprint density at radius 3 is 2.58 bits per heavy atom. The van der Waals surface area contributed by atoms with Crippen LogP contribution < -0.4 is 0 Å². The molecule has 0 unspecified atom stereocenters. The van der Waals surface area contributed by atoms with Gasteiger partial charge in [0.1, 0.15) is 11.5 Å². The fraction of sp³-hybridized carbons (Fsp3) is 0.214. The molecule has 0 amide bonds. The SMILES string of the molecule is CC(C)n1c(C(=O)O)ccc1-c1cc(F)ccc1Cl. The van der Waals surface area contributed by atoms with Crippen molar-refractivity contribution in [1.29, 1.82) is 0 Å². The third-order valence-corrected chi connectivity index (χ3v) is 3.19. The van der Waals surface area contributed by atoms with Gasteiger partial charge in [0, 0.05) is 11.6 Å². The summed E-state index contributed by atoms with van der Waals surface area (Å²) in [7, 11) is 0. The number of hydrogen-bond acceptors (Lipinski definition) is 1. The molecule has 1 aromatic heterocycles. The summed E-state index contributed by atoms with van der Waals surface area (Å²) in [4.78, 5) is 11.2. The summed E-state index contributed by atoms with van der Waals surface area (Å²) >= 11 is 6.07. The van der Waals surface area contributed by atoms with Gasteiger partial charge >= 0.3 is 5.97 Å². The van der Waals surface area contributed by atoms with E-state index in [-0.39, 0.29) is 11.7 Å². The molecule has 5 heteroatoms. The summed E-state index contributed by atoms with van der Waals surface area (Å²) in [5.74, 6) is -1.43. The minimum absolute atomic E-state index is 0.0737. The topological polar surface area (TPSA) is 42.2 Å². The van der Waals surface area contributed by atoms with E-state index >= 15 is 0 Å². The van der Waals surface area contributed by atoms with Gasteiger partial charge in [-0.05, 0) is 44.2 Å². The fourth-order valence-corrected chi connectivity index (χ4v) is 2.31. The van der Waals surface area contributed by atoms with Crippen LogP contribution in [0, 0.1) is 5.82 Å². The number of aromatic carboxylic acids is 1. The maximum absolute atomic E-state index is 13.3. The van der Waals surface area contributed by atoms with Crippen LogP contribution in [0.3, 0.4) is 0 Å². The van der Waals surface area contributed by atoms with Crippen LogP contribution in [0.1, 0.15) is 30.4 Å². The van der Waals surface area contributed by atoms with Crippen LogP contribution >= 0.6 is 11.6 Å². The van der Waals surface area contributed by atoms with Gasteiger partial charge in [-0.1, -0.05) is 11.6 Å². The minimum atomic E-state index is -1.02. The highest BCUT2D eigenvalue weighted by molar-refractivity contribution is 6.33. The first-order valence-electron chi connectivity index (χ1n) is 5.81. The molecule has 1 N–H and O–H groups in total. The van der Waals surface area contributed by atoms with Crippen molar-refractivity contribution in [2.24, 2.45) is 0 Å². The molecule has 0 fully saturated rings. The quantitative estimate of drug-likeness (QED) is 0.915. The van der Waals surface area contributed by atoms with Crippen molar-refractivity contribution in [3.8, 4) is 11.3 Å². The van der Waals surface area contributed by atoms with Gasteiger partial charge in [0.2, 0.25) is 0 Å². The first-order valence-corrected chi connectivity index (χ1v) is 6.19. The monoisotopic (exact) mass is 281 g/mol. The lowest BCUT2D eigenvalue weighted by Gasteiger charge is -2.16. The third-order valence-electron chi connectivity index (χ3n) is 2.86. The van der Waals surface area contributed by atoms with Crippen LogP contribution in [0.15, 0.2) is 30.3 Å².